The van der Waals surface area contributed by atoms with E-state index in [1.807, 2.05) is 36.0 Å². The van der Waals surface area contributed by atoms with Gasteiger partial charge in [0.2, 0.25) is 5.91 Å². The molecule has 0 bridgehead atoms. The molecule has 0 radical (unpaired) electrons. The third-order valence-electron chi connectivity index (χ3n) is 5.82. The van der Waals surface area contributed by atoms with Crippen molar-refractivity contribution in [2.75, 3.05) is 44.7 Å². The monoisotopic (exact) mass is 534 g/mol. The fourth-order valence-electron chi connectivity index (χ4n) is 4.10. The van der Waals surface area contributed by atoms with Gasteiger partial charge in [-0.2, -0.15) is 11.8 Å². The topological polar surface area (TPSA) is 96.7 Å². The summed E-state index contributed by atoms with van der Waals surface area (Å²) >= 11 is 5.16. The van der Waals surface area contributed by atoms with E-state index in [0.717, 1.165) is 44.2 Å². The molecule has 4 rings (SSSR count). The van der Waals surface area contributed by atoms with Crippen LogP contribution in [-0.4, -0.2) is 66.4 Å². The maximum Gasteiger partial charge on any atom is 0.293 e. The first-order chi connectivity index (χ1) is 16.0. The molecule has 1 fully saturated rings. The second kappa shape index (κ2) is 11.3. The Labute approximate surface area is 205 Å². The first-order valence-electron chi connectivity index (χ1n) is 11.0. The Kier molecular flexibility index (Phi) is 8.24. The average molecular weight is 535 g/mol. The van der Waals surface area contributed by atoms with Crippen molar-refractivity contribution in [3.8, 4) is 0 Å². The third-order valence-corrected chi connectivity index (χ3v) is 7.56. The van der Waals surface area contributed by atoms with Gasteiger partial charge >= 0.3 is 0 Å². The van der Waals surface area contributed by atoms with Crippen LogP contribution in [-0.2, 0) is 21.7 Å². The predicted molar refractivity (Wildman–Crippen MR) is 134 cm³/mol. The number of carbonyl (C=O) groups excluding carboxylic acids is 1. The number of carbonyl (C=O) groups is 1. The number of ether oxygens (including phenoxy) is 1. The van der Waals surface area contributed by atoms with Crippen LogP contribution in [0.2, 0.25) is 0 Å². The molecule has 2 aromatic rings. The Balaban J connectivity index is 1.36. The molecule has 2 heterocycles. The molecular weight excluding hydrogens is 508 g/mol. The molecule has 10 heteroatoms. The number of nitrogens with one attached hydrogen (secondary N) is 2. The highest BCUT2D eigenvalue weighted by Crippen LogP contribution is 2.37. The van der Waals surface area contributed by atoms with Gasteiger partial charge in [0.1, 0.15) is 11.7 Å². The molecule has 2 unspecified atom stereocenters. The standard InChI is InChI=1S/C23H27BrN4O4S/c24-18-10-17-11-20(26-22(17)21(12-18)28(30)31)23(29)25-13-19(14-27-6-8-32-9-7-27)33-15-16-4-2-1-3-5-16/h1-5,10,12,19-20,26H,6-9,11,13-15H2,(H,25,29). The number of halogens is 1. The minimum Gasteiger partial charge on any atom is -0.379 e. The maximum atomic E-state index is 13.0. The number of fused-ring (bicyclic) bond motifs is 1. The summed E-state index contributed by atoms with van der Waals surface area (Å²) < 4.78 is 6.10. The zero-order valence-corrected chi connectivity index (χ0v) is 20.6. The van der Waals surface area contributed by atoms with E-state index < -0.39 is 11.0 Å². The first kappa shape index (κ1) is 24.0. The Bertz CT molecular complexity index is 988. The molecule has 0 aromatic heterocycles. The normalized spacial score (nSPS) is 18.9. The fourth-order valence-corrected chi connectivity index (χ4v) is 5.73. The first-order valence-corrected chi connectivity index (χ1v) is 12.8. The van der Waals surface area contributed by atoms with Crippen LogP contribution >= 0.6 is 27.7 Å². The minimum atomic E-state index is -0.517. The lowest BCUT2D eigenvalue weighted by atomic mass is 10.1. The van der Waals surface area contributed by atoms with Crippen LogP contribution in [0.3, 0.4) is 0 Å². The number of hydrogen-bond acceptors (Lipinski definition) is 7. The van der Waals surface area contributed by atoms with Gasteiger partial charge in [-0.05, 0) is 17.2 Å². The Morgan fingerprint density at radius 1 is 1.30 bits per heavy atom. The van der Waals surface area contributed by atoms with E-state index in [-0.39, 0.29) is 16.8 Å². The van der Waals surface area contributed by atoms with Crippen molar-refractivity contribution >= 4 is 45.0 Å². The van der Waals surface area contributed by atoms with Gasteiger partial charge in [-0.15, -0.1) is 0 Å². The fraction of sp³-hybridized carbons (Fsp3) is 0.435. The smallest absolute Gasteiger partial charge is 0.293 e. The predicted octanol–water partition coefficient (Wildman–Crippen LogP) is 3.44. The molecule has 2 aliphatic rings. The Morgan fingerprint density at radius 2 is 2.06 bits per heavy atom. The highest BCUT2D eigenvalue weighted by atomic mass is 79.9. The van der Waals surface area contributed by atoms with Crippen LogP contribution in [0.5, 0.6) is 0 Å². The minimum absolute atomic E-state index is 0.0155. The van der Waals surface area contributed by atoms with E-state index >= 15 is 0 Å². The zero-order valence-electron chi connectivity index (χ0n) is 18.2. The largest absolute Gasteiger partial charge is 0.379 e. The van der Waals surface area contributed by atoms with E-state index in [1.165, 1.54) is 11.6 Å². The number of morpholine rings is 1. The summed E-state index contributed by atoms with van der Waals surface area (Å²) in [6, 6.07) is 13.1. The van der Waals surface area contributed by atoms with Gasteiger partial charge in [-0.1, -0.05) is 46.3 Å². The molecule has 0 aliphatic carbocycles. The molecule has 2 N–H and O–H groups in total. The molecule has 2 aliphatic heterocycles. The number of anilines is 1. The summed E-state index contributed by atoms with van der Waals surface area (Å²) in [4.78, 5) is 26.3. The molecule has 1 saturated heterocycles. The molecule has 2 aromatic carbocycles. The molecular formula is C23H27BrN4O4S. The number of rotatable bonds is 9. The van der Waals surface area contributed by atoms with Crippen LogP contribution in [0.1, 0.15) is 11.1 Å². The number of nitro groups is 1. The second-order valence-corrected chi connectivity index (χ2v) is 10.4. The highest BCUT2D eigenvalue weighted by molar-refractivity contribution is 9.10. The van der Waals surface area contributed by atoms with E-state index in [9.17, 15) is 14.9 Å². The van der Waals surface area contributed by atoms with Crippen LogP contribution in [0.25, 0.3) is 0 Å². The van der Waals surface area contributed by atoms with Gasteiger partial charge in [-0.25, -0.2) is 0 Å². The number of nitrogens with zero attached hydrogens (tertiary/aromatic N) is 2. The summed E-state index contributed by atoms with van der Waals surface area (Å²) in [6.45, 7) is 4.68. The van der Waals surface area contributed by atoms with Gasteiger partial charge in [-0.3, -0.25) is 19.8 Å². The number of nitro benzene ring substituents is 1. The van der Waals surface area contributed by atoms with Crippen molar-refractivity contribution in [3.63, 3.8) is 0 Å². The average Bonchev–Trinajstić information content (AvgIpc) is 3.25. The molecule has 1 amide bonds. The summed E-state index contributed by atoms with van der Waals surface area (Å²) in [5.41, 5.74) is 2.45. The quantitative estimate of drug-likeness (QED) is 0.375. The summed E-state index contributed by atoms with van der Waals surface area (Å²) in [5, 5.41) is 17.8. The SMILES string of the molecule is O=C(NCC(CN1CCOCC1)SCc1ccccc1)C1Cc2cc(Br)cc([N+](=O)[O-])c2N1. The number of benzene rings is 2. The van der Waals surface area contributed by atoms with E-state index in [4.69, 9.17) is 4.74 Å². The van der Waals surface area contributed by atoms with Crippen molar-refractivity contribution in [1.82, 2.24) is 10.2 Å². The molecule has 0 saturated carbocycles. The van der Waals surface area contributed by atoms with Gasteiger partial charge in [0.15, 0.2) is 0 Å². The molecule has 2 atom stereocenters. The Hall–Kier alpha value is -2.14. The van der Waals surface area contributed by atoms with E-state index in [2.05, 4.69) is 43.6 Å². The van der Waals surface area contributed by atoms with Crippen LogP contribution in [0.4, 0.5) is 11.4 Å². The third kappa shape index (κ3) is 6.47. The van der Waals surface area contributed by atoms with Crippen LogP contribution in [0.15, 0.2) is 46.9 Å². The number of amides is 1. The summed E-state index contributed by atoms with van der Waals surface area (Å²) in [6.07, 6.45) is 0.423. The summed E-state index contributed by atoms with van der Waals surface area (Å²) in [5.74, 6) is 0.739. The molecule has 176 valence electrons. The van der Waals surface area contributed by atoms with Crippen molar-refractivity contribution in [2.24, 2.45) is 0 Å². The van der Waals surface area contributed by atoms with Gasteiger partial charge in [0.25, 0.3) is 5.69 Å². The number of thioether (sulfide) groups is 1. The Morgan fingerprint density at radius 3 is 2.79 bits per heavy atom. The molecule has 8 nitrogen and oxygen atoms in total. The second-order valence-electron chi connectivity index (χ2n) is 8.19. The van der Waals surface area contributed by atoms with Crippen LogP contribution < -0.4 is 10.6 Å². The van der Waals surface area contributed by atoms with E-state index in [1.54, 1.807) is 0 Å². The lowest BCUT2D eigenvalue weighted by Gasteiger charge is -2.30. The highest BCUT2D eigenvalue weighted by Gasteiger charge is 2.33. The van der Waals surface area contributed by atoms with Crippen molar-refractivity contribution in [3.05, 3.63) is 68.2 Å². The van der Waals surface area contributed by atoms with Crippen molar-refractivity contribution in [2.45, 2.75) is 23.5 Å². The van der Waals surface area contributed by atoms with Gasteiger partial charge in [0, 0.05) is 54.1 Å². The van der Waals surface area contributed by atoms with Crippen molar-refractivity contribution in [1.29, 1.82) is 0 Å². The van der Waals surface area contributed by atoms with Gasteiger partial charge in [0.05, 0.1) is 18.1 Å². The van der Waals surface area contributed by atoms with Crippen LogP contribution in [0, 0.1) is 10.1 Å². The summed E-state index contributed by atoms with van der Waals surface area (Å²) in [7, 11) is 0. The zero-order chi connectivity index (χ0) is 23.2. The maximum absolute atomic E-state index is 13.0. The van der Waals surface area contributed by atoms with Gasteiger partial charge < -0.3 is 15.4 Å². The lowest BCUT2D eigenvalue weighted by Crippen LogP contribution is -2.46. The molecule has 0 spiro atoms. The molecule has 33 heavy (non-hydrogen) atoms. The van der Waals surface area contributed by atoms with Crippen molar-refractivity contribution < 1.29 is 14.5 Å². The number of hydrogen-bond donors (Lipinski definition) is 2. The van der Waals surface area contributed by atoms with E-state index in [0.29, 0.717) is 23.1 Å². The lowest BCUT2D eigenvalue weighted by molar-refractivity contribution is -0.384.